The Morgan fingerprint density at radius 2 is 1.08 bits per heavy atom. The molecule has 0 fully saturated rings. The first-order valence-electron chi connectivity index (χ1n) is 18.3. The number of nitrogens with zero attached hydrogens (tertiary/aromatic N) is 5. The third-order valence-electron chi connectivity index (χ3n) is 11.4. The second-order valence-corrected chi connectivity index (χ2v) is 14.1. The second kappa shape index (κ2) is 11.2. The lowest BCUT2D eigenvalue weighted by molar-refractivity contribution is 0.967. The van der Waals surface area contributed by atoms with Crippen molar-refractivity contribution in [2.45, 2.75) is 25.7 Å². The Bertz CT molecular complexity index is 3180. The summed E-state index contributed by atoms with van der Waals surface area (Å²) in [5, 5.41) is 27.6. The lowest BCUT2D eigenvalue weighted by Gasteiger charge is -2.16. The van der Waals surface area contributed by atoms with Crippen molar-refractivity contribution in [2.24, 2.45) is 0 Å². The molecule has 0 bridgehead atoms. The molecule has 0 spiro atoms. The van der Waals surface area contributed by atoms with Crippen LogP contribution < -0.4 is 0 Å². The minimum atomic E-state index is 0.514. The van der Waals surface area contributed by atoms with Crippen molar-refractivity contribution >= 4 is 66.7 Å². The molecule has 2 aliphatic rings. The summed E-state index contributed by atoms with van der Waals surface area (Å²) in [6, 6.07) is 45.4. The molecule has 11 rings (SSSR count). The molecule has 248 valence electrons. The lowest BCUT2D eigenvalue weighted by Crippen LogP contribution is -2.04. The lowest BCUT2D eigenvalue weighted by atomic mass is 9.93. The Morgan fingerprint density at radius 3 is 1.83 bits per heavy atom. The number of aryl methyl sites for hydroxylation is 2. The van der Waals surface area contributed by atoms with E-state index in [9.17, 15) is 10.5 Å². The number of para-hydroxylation sites is 3. The predicted molar refractivity (Wildman–Crippen MR) is 216 cm³/mol. The Labute approximate surface area is 305 Å². The molecule has 0 radical (unpaired) electrons. The SMILES string of the molecule is N#Cc1cc(-n2c3ccccc3c3c4c(ccc32)C=CCC4)c(C#N)cc1-n1c2ccccc2c2cc3c(cc21)c1c(n3-c2ccccc2)C=CCC1. The fraction of sp³-hybridized carbons (Fsp3) is 0.0833. The minimum Gasteiger partial charge on any atom is -0.310 e. The average Bonchev–Trinajstić information content (AvgIpc) is 3.85. The molecule has 3 aromatic heterocycles. The van der Waals surface area contributed by atoms with E-state index in [-0.39, 0.29) is 0 Å². The Balaban J connectivity index is 1.21. The van der Waals surface area contributed by atoms with Gasteiger partial charge in [-0.15, -0.1) is 0 Å². The molecule has 0 saturated heterocycles. The van der Waals surface area contributed by atoms with Crippen molar-refractivity contribution in [3.05, 3.63) is 161 Å². The van der Waals surface area contributed by atoms with Gasteiger partial charge in [-0.1, -0.05) is 78.9 Å². The van der Waals surface area contributed by atoms with E-state index in [2.05, 4.69) is 141 Å². The van der Waals surface area contributed by atoms with Gasteiger partial charge in [-0.2, -0.15) is 10.5 Å². The van der Waals surface area contributed by atoms with Gasteiger partial charge in [-0.05, 0) is 103 Å². The van der Waals surface area contributed by atoms with Crippen LogP contribution in [0.5, 0.6) is 0 Å². The highest BCUT2D eigenvalue weighted by Gasteiger charge is 2.25. The molecular weight excluding hydrogens is 647 g/mol. The number of hydrogen-bond donors (Lipinski definition) is 0. The monoisotopic (exact) mass is 677 g/mol. The quantitative estimate of drug-likeness (QED) is 0.187. The zero-order chi connectivity index (χ0) is 35.2. The first-order valence-corrected chi connectivity index (χ1v) is 18.3. The average molecular weight is 678 g/mol. The summed E-state index contributed by atoms with van der Waals surface area (Å²) in [5.74, 6) is 0. The maximum atomic E-state index is 10.9. The van der Waals surface area contributed by atoms with Crippen LogP contribution in [0.2, 0.25) is 0 Å². The Morgan fingerprint density at radius 1 is 0.472 bits per heavy atom. The van der Waals surface area contributed by atoms with Gasteiger partial charge in [0, 0.05) is 38.3 Å². The standard InChI is InChI=1S/C48H31N5/c49-28-31-25-45(32(29-50)24-44(31)52-42-21-11-8-18-37(42)48-34-15-5-4-12-30(34)22-23-43(48)52)53-41-20-10-7-17-36(41)39-26-46-38(27-47(39)53)35-16-6-9-19-40(35)51(46)33-13-2-1-3-14-33/h1-4,7-14,17-27H,5-6,15-16H2. The molecule has 0 saturated carbocycles. The first-order chi connectivity index (χ1) is 26.2. The minimum absolute atomic E-state index is 0.514. The van der Waals surface area contributed by atoms with Crippen LogP contribution in [-0.4, -0.2) is 13.7 Å². The summed E-state index contributed by atoms with van der Waals surface area (Å²) < 4.78 is 6.77. The van der Waals surface area contributed by atoms with Crippen LogP contribution in [0, 0.1) is 22.7 Å². The Hall–Kier alpha value is -7.08. The van der Waals surface area contributed by atoms with Crippen LogP contribution in [0.4, 0.5) is 0 Å². The molecule has 3 heterocycles. The van der Waals surface area contributed by atoms with Gasteiger partial charge in [0.15, 0.2) is 0 Å². The van der Waals surface area contributed by atoms with Gasteiger partial charge in [0.25, 0.3) is 0 Å². The zero-order valence-corrected chi connectivity index (χ0v) is 28.8. The summed E-state index contributed by atoms with van der Waals surface area (Å²) in [7, 11) is 0. The first kappa shape index (κ1) is 29.6. The summed E-state index contributed by atoms with van der Waals surface area (Å²) >= 11 is 0. The van der Waals surface area contributed by atoms with Crippen molar-refractivity contribution in [1.82, 2.24) is 13.7 Å². The molecule has 53 heavy (non-hydrogen) atoms. The van der Waals surface area contributed by atoms with E-state index < -0.39 is 0 Å². The zero-order valence-electron chi connectivity index (χ0n) is 28.8. The number of aromatic nitrogens is 3. The number of benzene rings is 6. The largest absolute Gasteiger partial charge is 0.310 e. The van der Waals surface area contributed by atoms with Gasteiger partial charge in [0.2, 0.25) is 0 Å². The van der Waals surface area contributed by atoms with Gasteiger partial charge in [0.1, 0.15) is 12.1 Å². The van der Waals surface area contributed by atoms with Crippen molar-refractivity contribution in [3.8, 4) is 29.2 Å². The fourth-order valence-electron chi connectivity index (χ4n) is 9.21. The van der Waals surface area contributed by atoms with Crippen LogP contribution in [0.1, 0.15) is 46.4 Å². The predicted octanol–water partition coefficient (Wildman–Crippen LogP) is 11.5. The normalized spacial score (nSPS) is 13.5. The molecular formula is C48H31N5. The van der Waals surface area contributed by atoms with Crippen LogP contribution >= 0.6 is 0 Å². The van der Waals surface area contributed by atoms with Gasteiger partial charge in [-0.25, -0.2) is 0 Å². The number of rotatable bonds is 3. The highest BCUT2D eigenvalue weighted by Crippen LogP contribution is 2.43. The van der Waals surface area contributed by atoms with Gasteiger partial charge < -0.3 is 13.7 Å². The highest BCUT2D eigenvalue weighted by molar-refractivity contribution is 6.15. The molecule has 0 amide bonds. The third kappa shape index (κ3) is 4.11. The molecule has 0 atom stereocenters. The maximum Gasteiger partial charge on any atom is 0.101 e. The molecule has 5 heteroatoms. The van der Waals surface area contributed by atoms with E-state index >= 15 is 0 Å². The molecule has 6 aromatic carbocycles. The van der Waals surface area contributed by atoms with Gasteiger partial charge in [0.05, 0.1) is 50.1 Å². The van der Waals surface area contributed by atoms with Crippen molar-refractivity contribution in [1.29, 1.82) is 10.5 Å². The van der Waals surface area contributed by atoms with Crippen LogP contribution in [-0.2, 0) is 12.8 Å². The summed E-state index contributed by atoms with van der Waals surface area (Å²) in [6.45, 7) is 0. The topological polar surface area (TPSA) is 62.4 Å². The Kier molecular flexibility index (Phi) is 6.27. The van der Waals surface area contributed by atoms with Gasteiger partial charge >= 0.3 is 0 Å². The maximum absolute atomic E-state index is 10.9. The van der Waals surface area contributed by atoms with Crippen LogP contribution in [0.15, 0.2) is 127 Å². The number of allylic oxidation sites excluding steroid dienone is 2. The smallest absolute Gasteiger partial charge is 0.101 e. The van der Waals surface area contributed by atoms with E-state index in [0.29, 0.717) is 22.5 Å². The molecule has 5 nitrogen and oxygen atoms in total. The van der Waals surface area contributed by atoms with Crippen LogP contribution in [0.25, 0.3) is 83.7 Å². The van der Waals surface area contributed by atoms with Crippen molar-refractivity contribution in [2.75, 3.05) is 0 Å². The molecule has 9 aromatic rings. The number of fused-ring (bicyclic) bond motifs is 11. The van der Waals surface area contributed by atoms with Gasteiger partial charge in [-0.3, -0.25) is 0 Å². The highest BCUT2D eigenvalue weighted by atomic mass is 15.0. The van der Waals surface area contributed by atoms with E-state index in [1.165, 1.54) is 38.7 Å². The summed E-state index contributed by atoms with van der Waals surface area (Å²) in [6.07, 6.45) is 12.9. The van der Waals surface area contributed by atoms with E-state index in [0.717, 1.165) is 69.6 Å². The number of nitriles is 2. The summed E-state index contributed by atoms with van der Waals surface area (Å²) in [4.78, 5) is 0. The summed E-state index contributed by atoms with van der Waals surface area (Å²) in [5.41, 5.74) is 14.0. The molecule has 0 aliphatic heterocycles. The number of hydrogen-bond acceptors (Lipinski definition) is 2. The molecule has 0 unspecified atom stereocenters. The second-order valence-electron chi connectivity index (χ2n) is 14.1. The van der Waals surface area contributed by atoms with Crippen molar-refractivity contribution < 1.29 is 0 Å². The third-order valence-corrected chi connectivity index (χ3v) is 11.4. The van der Waals surface area contributed by atoms with E-state index in [1.54, 1.807) is 0 Å². The van der Waals surface area contributed by atoms with Crippen molar-refractivity contribution in [3.63, 3.8) is 0 Å². The van der Waals surface area contributed by atoms with E-state index in [4.69, 9.17) is 0 Å². The fourth-order valence-corrected chi connectivity index (χ4v) is 9.21. The molecule has 2 aliphatic carbocycles. The van der Waals surface area contributed by atoms with E-state index in [1.807, 2.05) is 24.3 Å². The van der Waals surface area contributed by atoms with Crippen LogP contribution in [0.3, 0.4) is 0 Å². The molecule has 0 N–H and O–H groups in total.